The average molecular weight is 346 g/mol. The van der Waals surface area contributed by atoms with Crippen molar-refractivity contribution in [1.82, 2.24) is 4.57 Å². The van der Waals surface area contributed by atoms with E-state index in [9.17, 15) is 9.59 Å². The topological polar surface area (TPSA) is 59.3 Å². The molecule has 0 saturated carbocycles. The molecule has 6 heteroatoms. The van der Waals surface area contributed by atoms with Crippen molar-refractivity contribution < 1.29 is 40.9 Å². The Balaban J connectivity index is 0.00000200. The molecule has 0 aliphatic carbocycles. The third-order valence-electron chi connectivity index (χ3n) is 3.09. The molecule has 0 atom stereocenters. The van der Waals surface area contributed by atoms with Crippen molar-refractivity contribution in [2.45, 2.75) is 6.92 Å². The van der Waals surface area contributed by atoms with E-state index in [1.165, 1.54) is 6.07 Å². The number of aromatic nitrogens is 1. The third-order valence-corrected chi connectivity index (χ3v) is 3.62. The van der Waals surface area contributed by atoms with E-state index in [1.54, 1.807) is 18.5 Å². The third kappa shape index (κ3) is 3.23. The number of hydrogen-bond acceptors (Lipinski definition) is 2. The van der Waals surface area contributed by atoms with Gasteiger partial charge in [0.05, 0.1) is 5.69 Å². The molecule has 0 aliphatic rings. The van der Waals surface area contributed by atoms with E-state index < -0.39 is 11.4 Å². The van der Waals surface area contributed by atoms with Crippen LogP contribution in [0.2, 0.25) is 0 Å². The van der Waals surface area contributed by atoms with Crippen molar-refractivity contribution in [2.75, 3.05) is 0 Å². The fourth-order valence-electron chi connectivity index (χ4n) is 1.98. The van der Waals surface area contributed by atoms with E-state index in [4.69, 9.17) is 5.11 Å². The van der Waals surface area contributed by atoms with Gasteiger partial charge in [-0.2, -0.15) is 0 Å². The maximum absolute atomic E-state index is 11.9. The normalized spacial score (nSPS) is 9.95. The minimum atomic E-state index is -1.19. The van der Waals surface area contributed by atoms with Gasteiger partial charge in [0.15, 0.2) is 5.43 Å². The molecule has 1 heterocycles. The Morgan fingerprint density at radius 3 is 2.35 bits per heavy atom. The van der Waals surface area contributed by atoms with Crippen molar-refractivity contribution in [2.24, 2.45) is 7.05 Å². The van der Waals surface area contributed by atoms with Crippen molar-refractivity contribution in [3.63, 3.8) is 0 Å². The van der Waals surface area contributed by atoms with E-state index >= 15 is 0 Å². The second-order valence-electron chi connectivity index (χ2n) is 4.23. The summed E-state index contributed by atoms with van der Waals surface area (Å²) in [4.78, 5) is 23.0. The van der Waals surface area contributed by atoms with Crippen LogP contribution in [0.5, 0.6) is 0 Å². The van der Waals surface area contributed by atoms with Gasteiger partial charge in [-0.15, -0.1) is 0 Å². The largest absolute Gasteiger partial charge is 1.00 e. The Labute approximate surface area is 148 Å². The molecule has 0 aliphatic heterocycles. The summed E-state index contributed by atoms with van der Waals surface area (Å²) in [5.41, 5.74) is 1.35. The zero-order valence-corrected chi connectivity index (χ0v) is 15.1. The molecule has 0 radical (unpaired) electrons. The Kier molecular flexibility index (Phi) is 5.77. The zero-order valence-electron chi connectivity index (χ0n) is 12.5. The number of hydrogen-bond donors (Lipinski definition) is 1. The predicted molar refractivity (Wildman–Crippen MR) is 77.6 cm³/mol. The van der Waals surface area contributed by atoms with E-state index in [1.807, 2.05) is 24.3 Å². The van der Waals surface area contributed by atoms with Crippen molar-refractivity contribution in [3.8, 4) is 11.3 Å². The quantitative estimate of drug-likeness (QED) is 0.775. The summed E-state index contributed by atoms with van der Waals surface area (Å²) < 4.78 is 2.66. The van der Waals surface area contributed by atoms with E-state index in [0.29, 0.717) is 11.4 Å². The van der Waals surface area contributed by atoms with E-state index in [-0.39, 0.29) is 36.5 Å². The number of carbonyl (C=O) groups is 1. The molecule has 0 amide bonds. The van der Waals surface area contributed by atoms with Crippen LogP contribution in [0.3, 0.4) is 0 Å². The minimum absolute atomic E-state index is 0. The fourth-order valence-corrected chi connectivity index (χ4v) is 2.24. The molecule has 0 saturated heterocycles. The van der Waals surface area contributed by atoms with E-state index in [2.05, 4.69) is 15.9 Å². The van der Waals surface area contributed by atoms with Crippen molar-refractivity contribution in [1.29, 1.82) is 0 Å². The van der Waals surface area contributed by atoms with Crippen LogP contribution in [0, 0.1) is 6.92 Å². The van der Waals surface area contributed by atoms with Crippen LogP contribution in [-0.4, -0.2) is 15.6 Å². The number of pyridine rings is 1. The molecular weight excluding hydrogens is 333 g/mol. The summed E-state index contributed by atoms with van der Waals surface area (Å²) in [5, 5.41) is 9.05. The fraction of sp³-hybridized carbons (Fsp3) is 0.143. The van der Waals surface area contributed by atoms with Gasteiger partial charge in [0.1, 0.15) is 5.56 Å². The molecule has 4 nitrogen and oxygen atoms in total. The van der Waals surface area contributed by atoms with Gasteiger partial charge in [0, 0.05) is 23.3 Å². The summed E-state index contributed by atoms with van der Waals surface area (Å²) >= 11 is 3.35. The Bertz CT molecular complexity index is 713. The van der Waals surface area contributed by atoms with Crippen LogP contribution in [0.25, 0.3) is 11.3 Å². The van der Waals surface area contributed by atoms with Crippen LogP contribution in [0.4, 0.5) is 0 Å². The molecule has 20 heavy (non-hydrogen) atoms. The summed E-state index contributed by atoms with van der Waals surface area (Å²) in [5.74, 6) is -1.19. The number of carboxylic acid groups (broad SMARTS) is 1. The molecule has 0 bridgehead atoms. The smallest absolute Gasteiger partial charge is 1.00 e. The van der Waals surface area contributed by atoms with Gasteiger partial charge in [0.25, 0.3) is 0 Å². The van der Waals surface area contributed by atoms with Crippen LogP contribution >= 0.6 is 15.9 Å². The van der Waals surface area contributed by atoms with Gasteiger partial charge in [0.2, 0.25) is 0 Å². The molecule has 1 aromatic heterocycles. The Morgan fingerprint density at radius 1 is 1.30 bits per heavy atom. The van der Waals surface area contributed by atoms with Crippen LogP contribution in [0.1, 0.15) is 17.5 Å². The van der Waals surface area contributed by atoms with Gasteiger partial charge in [-0.25, -0.2) is 4.79 Å². The summed E-state index contributed by atoms with van der Waals surface area (Å²) in [6, 6.07) is 8.86. The first-order chi connectivity index (χ1) is 8.91. The number of carboxylic acids is 1. The van der Waals surface area contributed by atoms with Gasteiger partial charge in [-0.1, -0.05) is 28.1 Å². The molecule has 1 N–H and O–H groups in total. The SMILES string of the molecule is Cc1c(C(=O)O)c(=O)cc(-c2ccc(Br)cc2)n1C.[H-].[Na+]. The van der Waals surface area contributed by atoms with E-state index in [0.717, 1.165) is 10.0 Å². The first kappa shape index (κ1) is 17.2. The number of halogens is 1. The molecule has 100 valence electrons. The molecule has 0 unspecified atom stereocenters. The second-order valence-corrected chi connectivity index (χ2v) is 5.14. The monoisotopic (exact) mass is 345 g/mol. The summed E-state index contributed by atoms with van der Waals surface area (Å²) in [6.07, 6.45) is 0. The summed E-state index contributed by atoms with van der Waals surface area (Å²) in [6.45, 7) is 1.63. The van der Waals surface area contributed by atoms with Gasteiger partial charge in [-0.05, 0) is 24.6 Å². The second kappa shape index (κ2) is 6.72. The minimum Gasteiger partial charge on any atom is -1.00 e. The van der Waals surface area contributed by atoms with Crippen molar-refractivity contribution >= 4 is 21.9 Å². The Morgan fingerprint density at radius 2 is 1.85 bits per heavy atom. The Hall–Kier alpha value is -0.880. The predicted octanol–water partition coefficient (Wildman–Crippen LogP) is -0.0621. The number of aromatic carboxylic acids is 1. The molecule has 2 rings (SSSR count). The number of rotatable bonds is 2. The average Bonchev–Trinajstić information content (AvgIpc) is 2.34. The summed E-state index contributed by atoms with van der Waals surface area (Å²) in [7, 11) is 1.75. The van der Waals surface area contributed by atoms with Crippen molar-refractivity contribution in [3.05, 3.63) is 56.3 Å². The van der Waals surface area contributed by atoms with Crippen LogP contribution < -0.4 is 35.0 Å². The maximum atomic E-state index is 11.9. The van der Waals surface area contributed by atoms with Gasteiger partial charge >= 0.3 is 35.5 Å². The standard InChI is InChI=1S/C14H12BrNO3.Na.H/c1-8-13(14(18)19)12(17)7-11(16(8)2)9-3-5-10(15)6-4-9;;/h3-7H,1-2H3,(H,18,19);;/q;+1;-1. The van der Waals surface area contributed by atoms with Gasteiger partial charge < -0.3 is 11.1 Å². The molecule has 1 aromatic carbocycles. The molecular formula is C14H13BrNNaO3. The van der Waals surface area contributed by atoms with Crippen LogP contribution in [-0.2, 0) is 7.05 Å². The van der Waals surface area contributed by atoms with Crippen LogP contribution in [0.15, 0.2) is 39.6 Å². The maximum Gasteiger partial charge on any atom is 1.00 e. The molecule has 0 spiro atoms. The number of benzene rings is 1. The molecule has 2 aromatic rings. The zero-order chi connectivity index (χ0) is 14.2. The van der Waals surface area contributed by atoms with Gasteiger partial charge in [-0.3, -0.25) is 4.79 Å². The first-order valence-corrected chi connectivity index (χ1v) is 6.41. The first-order valence-electron chi connectivity index (χ1n) is 5.61. The molecule has 0 fully saturated rings. The number of nitrogens with zero attached hydrogens (tertiary/aromatic N) is 1.